The number of hydrogen-bond donors (Lipinski definition) is 0. The lowest BCUT2D eigenvalue weighted by molar-refractivity contribution is 0.102. The Labute approximate surface area is 149 Å². The normalized spacial score (nSPS) is 10.9. The number of carbonyl (C=O) groups excluding carboxylic acids is 1. The van der Waals surface area contributed by atoms with E-state index in [4.69, 9.17) is 0 Å². The number of aryl methyl sites for hydroxylation is 1. The molecule has 0 atom stereocenters. The van der Waals surface area contributed by atoms with Crippen LogP contribution in [0.4, 0.5) is 8.78 Å². The summed E-state index contributed by atoms with van der Waals surface area (Å²) >= 11 is 1.38. The van der Waals surface area contributed by atoms with E-state index >= 15 is 0 Å². The Kier molecular flexibility index (Phi) is 5.04. The molecule has 1 aromatic heterocycles. The zero-order chi connectivity index (χ0) is 18.0. The van der Waals surface area contributed by atoms with E-state index in [0.29, 0.717) is 5.56 Å². The van der Waals surface area contributed by atoms with Gasteiger partial charge in [-0.3, -0.25) is 4.79 Å². The maximum absolute atomic E-state index is 13.1. The Balaban J connectivity index is 1.80. The summed E-state index contributed by atoms with van der Waals surface area (Å²) in [5, 5.41) is 0. The number of hydrogen-bond acceptors (Lipinski definition) is 2. The molecule has 0 saturated heterocycles. The van der Waals surface area contributed by atoms with Crippen molar-refractivity contribution in [3.05, 3.63) is 83.2 Å². The second-order valence-electron chi connectivity index (χ2n) is 5.76. The molecule has 5 heteroatoms. The minimum Gasteiger partial charge on any atom is -0.318 e. The first kappa shape index (κ1) is 17.4. The molecule has 3 aromatic rings. The number of thioether (sulfide) groups is 1. The highest BCUT2D eigenvalue weighted by Crippen LogP contribution is 2.24. The van der Waals surface area contributed by atoms with Crippen molar-refractivity contribution in [2.75, 3.05) is 5.75 Å². The Hall–Kier alpha value is -2.40. The van der Waals surface area contributed by atoms with Crippen molar-refractivity contribution in [2.45, 2.75) is 18.7 Å². The van der Waals surface area contributed by atoms with Gasteiger partial charge in [0.2, 0.25) is 0 Å². The van der Waals surface area contributed by atoms with Crippen LogP contribution in [0.25, 0.3) is 5.69 Å². The summed E-state index contributed by atoms with van der Waals surface area (Å²) in [6.07, 6.45) is 0. The Morgan fingerprint density at radius 3 is 2.12 bits per heavy atom. The third-order valence-electron chi connectivity index (χ3n) is 4.00. The maximum Gasteiger partial charge on any atom is 0.174 e. The summed E-state index contributed by atoms with van der Waals surface area (Å²) in [5.41, 5.74) is 3.21. The third kappa shape index (κ3) is 3.82. The molecule has 3 rings (SSSR count). The molecule has 25 heavy (non-hydrogen) atoms. The van der Waals surface area contributed by atoms with Crippen LogP contribution in [-0.2, 0) is 0 Å². The van der Waals surface area contributed by atoms with Gasteiger partial charge in [-0.2, -0.15) is 0 Å². The molecular formula is C20H17F2NOS. The van der Waals surface area contributed by atoms with Crippen LogP contribution in [0, 0.1) is 25.5 Å². The van der Waals surface area contributed by atoms with E-state index in [1.807, 2.05) is 24.5 Å². The van der Waals surface area contributed by atoms with E-state index in [1.165, 1.54) is 36.0 Å². The molecule has 0 aliphatic heterocycles. The zero-order valence-electron chi connectivity index (χ0n) is 13.9. The monoisotopic (exact) mass is 357 g/mol. The predicted molar refractivity (Wildman–Crippen MR) is 96.7 cm³/mol. The Bertz CT molecular complexity index is 899. The van der Waals surface area contributed by atoms with Gasteiger partial charge < -0.3 is 4.57 Å². The van der Waals surface area contributed by atoms with Crippen molar-refractivity contribution in [1.29, 1.82) is 0 Å². The number of rotatable bonds is 5. The molecule has 2 aromatic carbocycles. The largest absolute Gasteiger partial charge is 0.318 e. The molecule has 0 fully saturated rings. The maximum atomic E-state index is 13.1. The van der Waals surface area contributed by atoms with Gasteiger partial charge in [-0.1, -0.05) is 0 Å². The highest BCUT2D eigenvalue weighted by Gasteiger charge is 2.17. The first-order valence-electron chi connectivity index (χ1n) is 7.82. The Morgan fingerprint density at radius 2 is 1.52 bits per heavy atom. The van der Waals surface area contributed by atoms with Crippen molar-refractivity contribution in [3.63, 3.8) is 0 Å². The number of ketones is 1. The van der Waals surface area contributed by atoms with E-state index in [1.54, 1.807) is 24.3 Å². The van der Waals surface area contributed by atoms with Gasteiger partial charge >= 0.3 is 0 Å². The van der Waals surface area contributed by atoms with Crippen LogP contribution in [0.15, 0.2) is 59.5 Å². The molecule has 0 radical (unpaired) electrons. The molecule has 0 saturated carbocycles. The van der Waals surface area contributed by atoms with Crippen molar-refractivity contribution in [3.8, 4) is 5.69 Å². The first-order chi connectivity index (χ1) is 12.0. The van der Waals surface area contributed by atoms with Gasteiger partial charge in [0, 0.05) is 27.5 Å². The van der Waals surface area contributed by atoms with Gasteiger partial charge in [-0.15, -0.1) is 11.8 Å². The zero-order valence-corrected chi connectivity index (χ0v) is 14.7. The molecule has 0 bridgehead atoms. The lowest BCUT2D eigenvalue weighted by atomic mass is 10.2. The van der Waals surface area contributed by atoms with Crippen LogP contribution in [0.2, 0.25) is 0 Å². The number of benzene rings is 2. The minimum absolute atomic E-state index is 0.00999. The molecule has 0 N–H and O–H groups in total. The summed E-state index contributed by atoms with van der Waals surface area (Å²) in [6, 6.07) is 14.1. The van der Waals surface area contributed by atoms with E-state index in [2.05, 4.69) is 0 Å². The van der Waals surface area contributed by atoms with Crippen molar-refractivity contribution < 1.29 is 13.6 Å². The van der Waals surface area contributed by atoms with E-state index in [0.717, 1.165) is 22.0 Å². The molecule has 0 aliphatic carbocycles. The second-order valence-corrected chi connectivity index (χ2v) is 6.81. The summed E-state index contributed by atoms with van der Waals surface area (Å²) in [7, 11) is 0. The summed E-state index contributed by atoms with van der Waals surface area (Å²) in [4.78, 5) is 13.4. The average molecular weight is 357 g/mol. The van der Waals surface area contributed by atoms with Crippen LogP contribution in [0.5, 0.6) is 0 Å². The molecule has 0 spiro atoms. The van der Waals surface area contributed by atoms with Gasteiger partial charge in [-0.25, -0.2) is 8.78 Å². The van der Waals surface area contributed by atoms with Gasteiger partial charge in [-0.05, 0) is 68.4 Å². The summed E-state index contributed by atoms with van der Waals surface area (Å²) < 4.78 is 28.0. The van der Waals surface area contributed by atoms with E-state index < -0.39 is 0 Å². The van der Waals surface area contributed by atoms with Crippen LogP contribution in [0.1, 0.15) is 21.7 Å². The fourth-order valence-electron chi connectivity index (χ4n) is 2.79. The molecule has 0 amide bonds. The second kappa shape index (κ2) is 7.23. The Morgan fingerprint density at radius 1 is 0.960 bits per heavy atom. The first-order valence-corrected chi connectivity index (χ1v) is 8.80. The smallest absolute Gasteiger partial charge is 0.174 e. The van der Waals surface area contributed by atoms with Gasteiger partial charge in [0.15, 0.2) is 5.78 Å². The molecule has 128 valence electrons. The molecule has 2 nitrogen and oxygen atoms in total. The summed E-state index contributed by atoms with van der Waals surface area (Å²) in [5.74, 6) is -0.299. The number of aromatic nitrogens is 1. The third-order valence-corrected chi connectivity index (χ3v) is 5.01. The highest BCUT2D eigenvalue weighted by atomic mass is 32.2. The lowest BCUT2D eigenvalue weighted by Crippen LogP contribution is -2.05. The molecule has 1 heterocycles. The van der Waals surface area contributed by atoms with Crippen LogP contribution in [0.3, 0.4) is 0 Å². The van der Waals surface area contributed by atoms with Gasteiger partial charge in [0.05, 0.1) is 5.75 Å². The minimum atomic E-state index is -0.293. The van der Waals surface area contributed by atoms with Crippen LogP contribution in [-0.4, -0.2) is 16.1 Å². The van der Waals surface area contributed by atoms with Crippen molar-refractivity contribution in [1.82, 2.24) is 4.57 Å². The quantitative estimate of drug-likeness (QED) is 0.454. The fourth-order valence-corrected chi connectivity index (χ4v) is 3.57. The molecule has 0 aliphatic rings. The van der Waals surface area contributed by atoms with Gasteiger partial charge in [0.25, 0.3) is 0 Å². The SMILES string of the molecule is Cc1cc(C(=O)CSc2ccc(F)cc2)c(C)n1-c1ccc(F)cc1. The number of halogens is 2. The standard InChI is InChI=1S/C20H17F2NOS/c1-13-11-19(14(2)23(13)17-7-3-15(21)4-8-17)20(24)12-25-18-9-5-16(22)6-10-18/h3-11H,12H2,1-2H3. The number of Topliss-reactive ketones (excluding diaryl/α,β-unsaturated/α-hetero) is 1. The fraction of sp³-hybridized carbons (Fsp3) is 0.150. The molecule has 0 unspecified atom stereocenters. The van der Waals surface area contributed by atoms with Crippen molar-refractivity contribution in [2.24, 2.45) is 0 Å². The molecular weight excluding hydrogens is 340 g/mol. The lowest BCUT2D eigenvalue weighted by Gasteiger charge is -2.09. The highest BCUT2D eigenvalue weighted by molar-refractivity contribution is 8.00. The number of carbonyl (C=O) groups is 1. The number of nitrogens with zero attached hydrogens (tertiary/aromatic N) is 1. The van der Waals surface area contributed by atoms with Crippen molar-refractivity contribution >= 4 is 17.5 Å². The van der Waals surface area contributed by atoms with Gasteiger partial charge in [0.1, 0.15) is 11.6 Å². The average Bonchev–Trinajstić information content (AvgIpc) is 2.90. The van der Waals surface area contributed by atoms with Crippen LogP contribution >= 0.6 is 11.8 Å². The van der Waals surface area contributed by atoms with Crippen LogP contribution < -0.4 is 0 Å². The summed E-state index contributed by atoms with van der Waals surface area (Å²) in [6.45, 7) is 3.80. The van der Waals surface area contributed by atoms with E-state index in [-0.39, 0.29) is 23.2 Å². The predicted octanol–water partition coefficient (Wildman–Crippen LogP) is 5.35. The van der Waals surface area contributed by atoms with E-state index in [9.17, 15) is 13.6 Å². The topological polar surface area (TPSA) is 22.0 Å².